The van der Waals surface area contributed by atoms with E-state index in [4.69, 9.17) is 0 Å². The molecule has 0 unspecified atom stereocenters. The summed E-state index contributed by atoms with van der Waals surface area (Å²) in [6.07, 6.45) is 0.849. The van der Waals surface area contributed by atoms with Crippen LogP contribution in [0.3, 0.4) is 0 Å². The van der Waals surface area contributed by atoms with Gasteiger partial charge in [-0.25, -0.2) is 13.1 Å². The molecule has 0 aliphatic rings. The zero-order chi connectivity index (χ0) is 11.6. The molecule has 0 fully saturated rings. The molecule has 0 saturated heterocycles. The first-order valence-electron chi connectivity index (χ1n) is 3.78. The van der Waals surface area contributed by atoms with Crippen molar-refractivity contribution >= 4 is 38.5 Å². The zero-order valence-electron chi connectivity index (χ0n) is 7.65. The molecule has 0 aliphatic carbocycles. The highest BCUT2D eigenvalue weighted by Gasteiger charge is 2.11. The molecule has 1 N–H and O–H groups in total. The van der Waals surface area contributed by atoms with Crippen molar-refractivity contribution in [3.63, 3.8) is 0 Å². The van der Waals surface area contributed by atoms with Crippen LogP contribution in [0.5, 0.6) is 5.75 Å². The third-order valence-electron chi connectivity index (χ3n) is 1.47. The molecule has 7 heteroatoms. The lowest BCUT2D eigenvalue weighted by atomic mass is 10.2. The van der Waals surface area contributed by atoms with E-state index in [-0.39, 0.29) is 5.56 Å². The Balaban J connectivity index is 3.02. The fourth-order valence-corrected chi connectivity index (χ4v) is 1.82. The van der Waals surface area contributed by atoms with E-state index in [9.17, 15) is 18.3 Å². The number of rotatable bonds is 2. The highest BCUT2D eigenvalue weighted by Crippen LogP contribution is 2.17. The van der Waals surface area contributed by atoms with Gasteiger partial charge in [-0.1, -0.05) is 11.8 Å². The van der Waals surface area contributed by atoms with Crippen molar-refractivity contribution in [1.82, 2.24) is 4.72 Å². The van der Waals surface area contributed by atoms with Gasteiger partial charge in [0, 0.05) is 9.13 Å². The van der Waals surface area contributed by atoms with E-state index in [1.807, 2.05) is 22.6 Å². The van der Waals surface area contributed by atoms with E-state index in [1.165, 1.54) is 12.1 Å². The number of nitrogens with one attached hydrogen (secondary N) is 1. The van der Waals surface area contributed by atoms with Gasteiger partial charge in [0.1, 0.15) is 0 Å². The van der Waals surface area contributed by atoms with Gasteiger partial charge in [0.05, 0.1) is 6.26 Å². The molecule has 5 nitrogen and oxygen atoms in total. The van der Waals surface area contributed by atoms with Crippen LogP contribution < -0.4 is 9.83 Å². The second kappa shape index (κ2) is 4.35. The molecule has 0 aliphatic heterocycles. The minimum Gasteiger partial charge on any atom is -0.872 e. The van der Waals surface area contributed by atoms with Gasteiger partial charge < -0.3 is 5.11 Å². The number of benzene rings is 1. The molecule has 0 atom stereocenters. The first-order chi connectivity index (χ1) is 6.79. The number of carbonyl (C=O) groups is 1. The van der Waals surface area contributed by atoms with Crippen LogP contribution in [0.1, 0.15) is 10.4 Å². The minimum absolute atomic E-state index is 0.180. The van der Waals surface area contributed by atoms with Crippen molar-refractivity contribution in [1.29, 1.82) is 0 Å². The van der Waals surface area contributed by atoms with Gasteiger partial charge in [-0.05, 0) is 34.7 Å². The van der Waals surface area contributed by atoms with Crippen LogP contribution >= 0.6 is 22.6 Å². The Labute approximate surface area is 101 Å². The smallest absolute Gasteiger partial charge is 0.264 e. The summed E-state index contributed by atoms with van der Waals surface area (Å²) in [5.74, 6) is -1.40. The van der Waals surface area contributed by atoms with Crippen molar-refractivity contribution in [2.45, 2.75) is 0 Å². The van der Waals surface area contributed by atoms with E-state index in [0.717, 1.165) is 6.26 Å². The van der Waals surface area contributed by atoms with Crippen LogP contribution in [-0.2, 0) is 10.0 Å². The Hall–Kier alpha value is -0.830. The Kier molecular flexibility index (Phi) is 3.55. The molecular weight excluding hydrogens is 333 g/mol. The average molecular weight is 340 g/mol. The lowest BCUT2D eigenvalue weighted by molar-refractivity contribution is -0.268. The number of sulfonamides is 1. The monoisotopic (exact) mass is 340 g/mol. The summed E-state index contributed by atoms with van der Waals surface area (Å²) < 4.78 is 23.9. The summed E-state index contributed by atoms with van der Waals surface area (Å²) in [6, 6.07) is 4.11. The van der Waals surface area contributed by atoms with Gasteiger partial charge >= 0.3 is 0 Å². The SMILES string of the molecule is CS(=O)(=O)NC(=O)c1ccc(I)cc1[O-]. The predicted octanol–water partition coefficient (Wildman–Crippen LogP) is 0.0542. The fraction of sp³-hybridized carbons (Fsp3) is 0.125. The number of hydrogen-bond acceptors (Lipinski definition) is 4. The Bertz CT molecular complexity index is 497. The second-order valence-corrected chi connectivity index (χ2v) is 5.84. The van der Waals surface area contributed by atoms with Gasteiger partial charge in [-0.2, -0.15) is 0 Å². The molecule has 0 aromatic heterocycles. The number of amides is 1. The first-order valence-corrected chi connectivity index (χ1v) is 6.75. The van der Waals surface area contributed by atoms with Crippen molar-refractivity contribution < 1.29 is 18.3 Å². The topological polar surface area (TPSA) is 86.3 Å². The van der Waals surface area contributed by atoms with Crippen LogP contribution in [0.4, 0.5) is 0 Å². The zero-order valence-corrected chi connectivity index (χ0v) is 10.6. The van der Waals surface area contributed by atoms with Crippen LogP contribution in [-0.4, -0.2) is 20.6 Å². The maximum absolute atomic E-state index is 11.3. The normalized spacial score (nSPS) is 11.1. The van der Waals surface area contributed by atoms with Crippen molar-refractivity contribution in [3.05, 3.63) is 27.3 Å². The molecule has 1 rings (SSSR count). The number of hydrogen-bond donors (Lipinski definition) is 1. The third kappa shape index (κ3) is 3.67. The van der Waals surface area contributed by atoms with Crippen molar-refractivity contribution in [3.8, 4) is 5.75 Å². The molecule has 0 spiro atoms. The van der Waals surface area contributed by atoms with Gasteiger partial charge in [0.2, 0.25) is 10.0 Å². The van der Waals surface area contributed by atoms with Crippen LogP contribution in [0.15, 0.2) is 18.2 Å². The molecule has 1 amide bonds. The molecule has 15 heavy (non-hydrogen) atoms. The van der Waals surface area contributed by atoms with Gasteiger partial charge in [0.15, 0.2) is 0 Å². The summed E-state index contributed by atoms with van der Waals surface area (Å²) in [4.78, 5) is 11.3. The molecule has 0 radical (unpaired) electrons. The van der Waals surface area contributed by atoms with Gasteiger partial charge in [-0.3, -0.25) is 4.79 Å². The summed E-state index contributed by atoms with van der Waals surface area (Å²) in [5, 5.41) is 11.3. The average Bonchev–Trinajstić information content (AvgIpc) is 1.99. The molecule has 0 saturated carbocycles. The minimum atomic E-state index is -3.64. The van der Waals surface area contributed by atoms with E-state index in [0.29, 0.717) is 3.57 Å². The molecular formula is C8H7INO4S-. The number of carbonyl (C=O) groups excluding carboxylic acids is 1. The Morgan fingerprint density at radius 3 is 2.53 bits per heavy atom. The Morgan fingerprint density at radius 1 is 1.47 bits per heavy atom. The molecule has 1 aromatic carbocycles. The second-order valence-electron chi connectivity index (χ2n) is 2.84. The van der Waals surface area contributed by atoms with E-state index in [1.54, 1.807) is 10.8 Å². The molecule has 0 heterocycles. The predicted molar refractivity (Wildman–Crippen MR) is 60.9 cm³/mol. The first kappa shape index (κ1) is 12.2. The lowest BCUT2D eigenvalue weighted by Gasteiger charge is -2.12. The van der Waals surface area contributed by atoms with Crippen molar-refractivity contribution in [2.75, 3.05) is 6.26 Å². The largest absolute Gasteiger partial charge is 0.872 e. The maximum Gasteiger partial charge on any atom is 0.264 e. The van der Waals surface area contributed by atoms with E-state index < -0.39 is 21.7 Å². The summed E-state index contributed by atoms with van der Waals surface area (Å²) in [5.41, 5.74) is -0.180. The van der Waals surface area contributed by atoms with Crippen LogP contribution in [0.2, 0.25) is 0 Å². The molecule has 0 bridgehead atoms. The Morgan fingerprint density at radius 2 is 2.07 bits per heavy atom. The van der Waals surface area contributed by atoms with E-state index >= 15 is 0 Å². The lowest BCUT2D eigenvalue weighted by Crippen LogP contribution is -2.29. The molecule has 1 aromatic rings. The maximum atomic E-state index is 11.3. The molecule has 82 valence electrons. The van der Waals surface area contributed by atoms with Gasteiger partial charge in [0.25, 0.3) is 5.91 Å². The highest BCUT2D eigenvalue weighted by atomic mass is 127. The summed E-state index contributed by atoms with van der Waals surface area (Å²) in [6.45, 7) is 0. The quantitative estimate of drug-likeness (QED) is 0.771. The van der Waals surface area contributed by atoms with Crippen LogP contribution in [0.25, 0.3) is 0 Å². The number of halogens is 1. The summed E-state index contributed by atoms with van der Waals surface area (Å²) >= 11 is 1.92. The summed E-state index contributed by atoms with van der Waals surface area (Å²) in [7, 11) is -3.64. The van der Waals surface area contributed by atoms with Crippen molar-refractivity contribution in [2.24, 2.45) is 0 Å². The fourth-order valence-electron chi connectivity index (χ4n) is 0.907. The highest BCUT2D eigenvalue weighted by molar-refractivity contribution is 14.1. The van der Waals surface area contributed by atoms with Gasteiger partial charge in [-0.15, -0.1) is 0 Å². The van der Waals surface area contributed by atoms with E-state index in [2.05, 4.69) is 0 Å². The standard InChI is InChI=1S/C8H8INO4S/c1-15(13,14)10-8(12)6-3-2-5(9)4-7(6)11/h2-4,11H,1H3,(H,10,12)/p-1. The third-order valence-corrected chi connectivity index (χ3v) is 2.69. The van der Waals surface area contributed by atoms with Crippen LogP contribution in [0, 0.1) is 3.57 Å².